The summed E-state index contributed by atoms with van der Waals surface area (Å²) in [5, 5.41) is 21.2. The standard InChI is InChI=1S/C17H16O4/c1-9-8-13(19)10(2)16-14(9)12-5-3-4-11(6-7-18)15(12)17(20)21-16/h3-5,8,18-19H,6-7H2,1-2H3. The lowest BCUT2D eigenvalue weighted by molar-refractivity contribution is 0.300. The second-order valence-corrected chi connectivity index (χ2v) is 5.24. The first-order valence-corrected chi connectivity index (χ1v) is 6.83. The van der Waals surface area contributed by atoms with Crippen molar-refractivity contribution >= 4 is 21.7 Å². The Labute approximate surface area is 121 Å². The number of aliphatic hydroxyl groups is 1. The molecule has 1 aromatic heterocycles. The summed E-state index contributed by atoms with van der Waals surface area (Å²) < 4.78 is 5.46. The van der Waals surface area contributed by atoms with Gasteiger partial charge < -0.3 is 14.6 Å². The van der Waals surface area contributed by atoms with E-state index < -0.39 is 5.63 Å². The van der Waals surface area contributed by atoms with Crippen LogP contribution in [0.3, 0.4) is 0 Å². The molecule has 0 aliphatic carbocycles. The molecule has 3 rings (SSSR count). The van der Waals surface area contributed by atoms with E-state index in [0.717, 1.165) is 21.9 Å². The molecule has 0 fully saturated rings. The Morgan fingerprint density at radius 2 is 1.95 bits per heavy atom. The normalized spacial score (nSPS) is 11.4. The van der Waals surface area contributed by atoms with E-state index in [0.29, 0.717) is 23.0 Å². The van der Waals surface area contributed by atoms with Gasteiger partial charge in [0.15, 0.2) is 0 Å². The lowest BCUT2D eigenvalue weighted by Crippen LogP contribution is -2.06. The van der Waals surface area contributed by atoms with E-state index in [1.165, 1.54) is 0 Å². The van der Waals surface area contributed by atoms with Crippen LogP contribution in [0.2, 0.25) is 0 Å². The average Bonchev–Trinajstić information content (AvgIpc) is 2.45. The van der Waals surface area contributed by atoms with Gasteiger partial charge in [0.05, 0.1) is 5.39 Å². The lowest BCUT2D eigenvalue weighted by Gasteiger charge is -2.11. The monoisotopic (exact) mass is 284 g/mol. The molecule has 4 heteroatoms. The highest BCUT2D eigenvalue weighted by Gasteiger charge is 2.16. The molecule has 0 aliphatic heterocycles. The molecule has 4 nitrogen and oxygen atoms in total. The summed E-state index contributed by atoms with van der Waals surface area (Å²) in [5.74, 6) is 0.119. The number of hydrogen-bond donors (Lipinski definition) is 2. The smallest absolute Gasteiger partial charge is 0.344 e. The van der Waals surface area contributed by atoms with Crippen molar-refractivity contribution in [3.63, 3.8) is 0 Å². The Bertz CT molecular complexity index is 906. The Morgan fingerprint density at radius 3 is 2.67 bits per heavy atom. The van der Waals surface area contributed by atoms with Crippen molar-refractivity contribution in [1.29, 1.82) is 0 Å². The third-order valence-electron chi connectivity index (χ3n) is 3.90. The zero-order chi connectivity index (χ0) is 15.1. The number of rotatable bonds is 2. The second-order valence-electron chi connectivity index (χ2n) is 5.24. The number of phenolic OH excluding ortho intramolecular Hbond substituents is 1. The molecule has 2 aromatic carbocycles. The van der Waals surface area contributed by atoms with Crippen LogP contribution in [0.15, 0.2) is 33.5 Å². The summed E-state index contributed by atoms with van der Waals surface area (Å²) in [6.45, 7) is 3.58. The molecule has 108 valence electrons. The average molecular weight is 284 g/mol. The van der Waals surface area contributed by atoms with Crippen molar-refractivity contribution in [2.45, 2.75) is 20.3 Å². The van der Waals surface area contributed by atoms with E-state index in [4.69, 9.17) is 9.52 Å². The van der Waals surface area contributed by atoms with Crippen LogP contribution < -0.4 is 5.63 Å². The number of aromatic hydroxyl groups is 1. The number of benzene rings is 2. The predicted molar refractivity (Wildman–Crippen MR) is 81.9 cm³/mol. The van der Waals surface area contributed by atoms with Gasteiger partial charge in [-0.05, 0) is 37.5 Å². The third kappa shape index (κ3) is 1.99. The van der Waals surface area contributed by atoms with E-state index >= 15 is 0 Å². The maximum atomic E-state index is 12.3. The SMILES string of the molecule is Cc1c(O)cc(C)c2c1oc(=O)c1c(CCO)cccc12. The zero-order valence-corrected chi connectivity index (χ0v) is 11.9. The molecule has 0 aliphatic rings. The summed E-state index contributed by atoms with van der Waals surface area (Å²) in [5.41, 5.74) is 2.17. The van der Waals surface area contributed by atoms with Gasteiger partial charge in [0.1, 0.15) is 11.3 Å². The van der Waals surface area contributed by atoms with Crippen LogP contribution >= 0.6 is 0 Å². The summed E-state index contributed by atoms with van der Waals surface area (Å²) in [6, 6.07) is 7.24. The van der Waals surface area contributed by atoms with Crippen LogP contribution in [-0.2, 0) is 6.42 Å². The van der Waals surface area contributed by atoms with Crippen molar-refractivity contribution in [3.8, 4) is 5.75 Å². The molecule has 1 heterocycles. The van der Waals surface area contributed by atoms with Crippen LogP contribution in [-0.4, -0.2) is 16.8 Å². The van der Waals surface area contributed by atoms with Crippen molar-refractivity contribution in [1.82, 2.24) is 0 Å². The van der Waals surface area contributed by atoms with Crippen LogP contribution in [0.1, 0.15) is 16.7 Å². The highest BCUT2D eigenvalue weighted by molar-refractivity contribution is 6.08. The number of fused-ring (bicyclic) bond motifs is 3. The molecule has 21 heavy (non-hydrogen) atoms. The number of hydrogen-bond acceptors (Lipinski definition) is 4. The van der Waals surface area contributed by atoms with E-state index in [1.54, 1.807) is 13.0 Å². The number of phenols is 1. The first-order valence-electron chi connectivity index (χ1n) is 6.83. The topological polar surface area (TPSA) is 70.7 Å². The van der Waals surface area contributed by atoms with Crippen molar-refractivity contribution < 1.29 is 14.6 Å². The Balaban J connectivity index is 2.59. The molecule has 0 radical (unpaired) electrons. The predicted octanol–water partition coefficient (Wildman–Crippen LogP) is 2.80. The minimum absolute atomic E-state index is 0.0236. The number of aryl methyl sites for hydroxylation is 2. The van der Waals surface area contributed by atoms with E-state index in [1.807, 2.05) is 25.1 Å². The van der Waals surface area contributed by atoms with Gasteiger partial charge in [-0.2, -0.15) is 0 Å². The van der Waals surface area contributed by atoms with Gasteiger partial charge in [0, 0.05) is 22.9 Å². The van der Waals surface area contributed by atoms with Gasteiger partial charge in [-0.15, -0.1) is 0 Å². The molecule has 0 saturated carbocycles. The minimum atomic E-state index is -0.436. The van der Waals surface area contributed by atoms with Crippen LogP contribution in [0.5, 0.6) is 5.75 Å². The first kappa shape index (κ1) is 13.6. The fraction of sp³-hybridized carbons (Fsp3) is 0.235. The molecule has 0 saturated heterocycles. The molecule has 0 spiro atoms. The zero-order valence-electron chi connectivity index (χ0n) is 11.9. The second kappa shape index (κ2) is 4.90. The minimum Gasteiger partial charge on any atom is -0.508 e. The van der Waals surface area contributed by atoms with Gasteiger partial charge in [-0.1, -0.05) is 18.2 Å². The maximum Gasteiger partial charge on any atom is 0.344 e. The Hall–Kier alpha value is -2.33. The van der Waals surface area contributed by atoms with Crippen molar-refractivity contribution in [2.24, 2.45) is 0 Å². The Kier molecular flexibility index (Phi) is 3.18. The molecule has 0 unspecified atom stereocenters. The van der Waals surface area contributed by atoms with E-state index in [9.17, 15) is 9.90 Å². The summed E-state index contributed by atoms with van der Waals surface area (Å²) in [6.07, 6.45) is 0.406. The van der Waals surface area contributed by atoms with Gasteiger partial charge in [-0.25, -0.2) is 4.79 Å². The maximum absolute atomic E-state index is 12.3. The summed E-state index contributed by atoms with van der Waals surface area (Å²) in [4.78, 5) is 12.3. The third-order valence-corrected chi connectivity index (χ3v) is 3.90. The van der Waals surface area contributed by atoms with E-state index in [-0.39, 0.29) is 12.4 Å². The van der Waals surface area contributed by atoms with Gasteiger partial charge in [0.25, 0.3) is 0 Å². The molecule has 3 aromatic rings. The molecule has 0 atom stereocenters. The Morgan fingerprint density at radius 1 is 1.19 bits per heavy atom. The van der Waals surface area contributed by atoms with E-state index in [2.05, 4.69) is 0 Å². The molecule has 0 amide bonds. The number of aliphatic hydroxyl groups excluding tert-OH is 1. The highest BCUT2D eigenvalue weighted by Crippen LogP contribution is 2.33. The summed E-state index contributed by atoms with van der Waals surface area (Å²) >= 11 is 0. The molecule has 0 bridgehead atoms. The van der Waals surface area contributed by atoms with Gasteiger partial charge in [0.2, 0.25) is 0 Å². The van der Waals surface area contributed by atoms with Crippen LogP contribution in [0.25, 0.3) is 21.7 Å². The largest absolute Gasteiger partial charge is 0.508 e. The van der Waals surface area contributed by atoms with Crippen LogP contribution in [0, 0.1) is 13.8 Å². The fourth-order valence-corrected chi connectivity index (χ4v) is 2.85. The lowest BCUT2D eigenvalue weighted by atomic mass is 9.97. The summed E-state index contributed by atoms with van der Waals surface area (Å²) in [7, 11) is 0. The fourth-order valence-electron chi connectivity index (χ4n) is 2.85. The van der Waals surface area contributed by atoms with Crippen LogP contribution in [0.4, 0.5) is 0 Å². The van der Waals surface area contributed by atoms with Gasteiger partial charge >= 0.3 is 5.63 Å². The van der Waals surface area contributed by atoms with Crippen molar-refractivity contribution in [3.05, 3.63) is 51.4 Å². The highest BCUT2D eigenvalue weighted by atomic mass is 16.4. The van der Waals surface area contributed by atoms with Gasteiger partial charge in [-0.3, -0.25) is 0 Å². The molecular weight excluding hydrogens is 268 g/mol. The molecule has 2 N–H and O–H groups in total. The quantitative estimate of drug-likeness (QED) is 0.561. The van der Waals surface area contributed by atoms with Crippen molar-refractivity contribution in [2.75, 3.05) is 6.61 Å². The first-order chi connectivity index (χ1) is 10.0. The molecular formula is C17H16O4.